The van der Waals surface area contributed by atoms with E-state index in [2.05, 4.69) is 0 Å². The second-order valence-electron chi connectivity index (χ2n) is 2.16. The monoisotopic (exact) mass is 280 g/mol. The Morgan fingerprint density at radius 1 is 0.923 bits per heavy atom. The fourth-order valence-corrected chi connectivity index (χ4v) is 0.856. The Bertz CT molecular complexity index is 302. The van der Waals surface area contributed by atoms with Crippen LogP contribution in [-0.2, 0) is 27.3 Å². The summed E-state index contributed by atoms with van der Waals surface area (Å²) in [5, 5.41) is 17.1. The molecular weight excluding hydrogens is 272 g/mol. The van der Waals surface area contributed by atoms with E-state index in [1.807, 2.05) is 0 Å². The van der Waals surface area contributed by atoms with E-state index in [9.17, 15) is 9.59 Å². The molecule has 64 valence electrons. The molecule has 0 saturated heterocycles. The quantitative estimate of drug-likeness (QED) is 0.794. The van der Waals surface area contributed by atoms with Crippen LogP contribution in [0.3, 0.4) is 0 Å². The summed E-state index contributed by atoms with van der Waals surface area (Å²) in [6, 6.07) is 5.48. The van der Waals surface area contributed by atoms with Gasteiger partial charge in [0, 0.05) is 27.3 Å². The Morgan fingerprint density at radius 3 is 1.46 bits per heavy atom. The molecule has 0 aliphatic rings. The van der Waals surface area contributed by atoms with Gasteiger partial charge in [-0.15, -0.1) is 0 Å². The molecule has 0 aliphatic heterocycles. The zero-order chi connectivity index (χ0) is 9.14. The van der Waals surface area contributed by atoms with E-state index in [4.69, 9.17) is 10.2 Å². The van der Waals surface area contributed by atoms with E-state index in [1.165, 1.54) is 24.3 Å². The number of hydrogen-bond donors (Lipinski definition) is 2. The van der Waals surface area contributed by atoms with Crippen LogP contribution in [-0.4, -0.2) is 22.2 Å². The SMILES string of the molecule is O=C(O)c1ccccc1C(=O)O.[Cd]. The van der Waals surface area contributed by atoms with Crippen molar-refractivity contribution in [2.45, 2.75) is 0 Å². The summed E-state index contributed by atoms with van der Waals surface area (Å²) in [6.45, 7) is 0. The van der Waals surface area contributed by atoms with Crippen LogP contribution in [0, 0.1) is 0 Å². The van der Waals surface area contributed by atoms with Crippen molar-refractivity contribution in [2.24, 2.45) is 0 Å². The molecule has 0 radical (unpaired) electrons. The first kappa shape index (κ1) is 12.1. The van der Waals surface area contributed by atoms with Crippen molar-refractivity contribution in [2.75, 3.05) is 0 Å². The summed E-state index contributed by atoms with van der Waals surface area (Å²) in [5.74, 6) is -2.46. The minimum atomic E-state index is -1.23. The average Bonchev–Trinajstić information content (AvgIpc) is 2.04. The number of carboxylic acid groups (broad SMARTS) is 2. The van der Waals surface area contributed by atoms with Gasteiger partial charge in [-0.1, -0.05) is 12.1 Å². The Kier molecular flexibility index (Phi) is 4.60. The molecule has 1 rings (SSSR count). The normalized spacial score (nSPS) is 8.62. The smallest absolute Gasteiger partial charge is 0.336 e. The van der Waals surface area contributed by atoms with Crippen LogP contribution < -0.4 is 0 Å². The summed E-state index contributed by atoms with van der Waals surface area (Å²) in [7, 11) is 0. The maximum atomic E-state index is 10.5. The maximum absolute atomic E-state index is 10.5. The van der Waals surface area contributed by atoms with Crippen LogP contribution in [0.1, 0.15) is 20.7 Å². The van der Waals surface area contributed by atoms with Crippen LogP contribution in [0.4, 0.5) is 0 Å². The molecule has 2 N–H and O–H groups in total. The second-order valence-corrected chi connectivity index (χ2v) is 2.16. The Hall–Kier alpha value is -0.918. The minimum absolute atomic E-state index is 0. The Labute approximate surface area is 94.4 Å². The molecule has 0 aliphatic carbocycles. The van der Waals surface area contributed by atoms with Crippen molar-refractivity contribution in [3.05, 3.63) is 35.4 Å². The summed E-state index contributed by atoms with van der Waals surface area (Å²) < 4.78 is 0. The van der Waals surface area contributed by atoms with Crippen molar-refractivity contribution in [1.29, 1.82) is 0 Å². The number of carbonyl (C=O) groups is 2. The first-order chi connectivity index (χ1) is 5.63. The molecule has 13 heavy (non-hydrogen) atoms. The molecule has 1 aromatic rings. The zero-order valence-corrected chi connectivity index (χ0v) is 10.8. The molecule has 0 amide bonds. The van der Waals surface area contributed by atoms with Crippen LogP contribution in [0.2, 0.25) is 0 Å². The minimum Gasteiger partial charge on any atom is -0.478 e. The molecule has 4 nitrogen and oxygen atoms in total. The van der Waals surface area contributed by atoms with Gasteiger partial charge in [-0.05, 0) is 12.1 Å². The summed E-state index contributed by atoms with van der Waals surface area (Å²) in [6.07, 6.45) is 0. The summed E-state index contributed by atoms with van der Waals surface area (Å²) >= 11 is 0. The number of aromatic carboxylic acids is 2. The molecular formula is C8H6CdO4. The van der Waals surface area contributed by atoms with E-state index in [1.54, 1.807) is 0 Å². The van der Waals surface area contributed by atoms with E-state index in [-0.39, 0.29) is 38.4 Å². The first-order valence-electron chi connectivity index (χ1n) is 3.18. The van der Waals surface area contributed by atoms with Gasteiger partial charge in [0.25, 0.3) is 0 Å². The van der Waals surface area contributed by atoms with Crippen molar-refractivity contribution in [3.63, 3.8) is 0 Å². The number of rotatable bonds is 2. The van der Waals surface area contributed by atoms with Gasteiger partial charge < -0.3 is 10.2 Å². The van der Waals surface area contributed by atoms with Crippen LogP contribution in [0.5, 0.6) is 0 Å². The van der Waals surface area contributed by atoms with Crippen molar-refractivity contribution in [1.82, 2.24) is 0 Å². The van der Waals surface area contributed by atoms with E-state index in [0.717, 1.165) is 0 Å². The van der Waals surface area contributed by atoms with Crippen LogP contribution in [0.15, 0.2) is 24.3 Å². The Balaban J connectivity index is 0.00000144. The first-order valence-corrected chi connectivity index (χ1v) is 3.18. The molecule has 0 saturated carbocycles. The van der Waals surface area contributed by atoms with E-state index < -0.39 is 11.9 Å². The molecule has 0 bridgehead atoms. The molecule has 0 fully saturated rings. The van der Waals surface area contributed by atoms with Gasteiger partial charge in [0.15, 0.2) is 0 Å². The molecule has 0 atom stereocenters. The predicted molar refractivity (Wildman–Crippen MR) is 40.4 cm³/mol. The third-order valence-corrected chi connectivity index (χ3v) is 1.39. The topological polar surface area (TPSA) is 74.6 Å². The van der Waals surface area contributed by atoms with Gasteiger partial charge in [-0.3, -0.25) is 0 Å². The van der Waals surface area contributed by atoms with Gasteiger partial charge in [-0.2, -0.15) is 0 Å². The molecule has 0 heterocycles. The fourth-order valence-electron chi connectivity index (χ4n) is 0.856. The predicted octanol–water partition coefficient (Wildman–Crippen LogP) is 1.08. The van der Waals surface area contributed by atoms with Crippen LogP contribution >= 0.6 is 0 Å². The molecule has 0 spiro atoms. The van der Waals surface area contributed by atoms with Gasteiger partial charge >= 0.3 is 11.9 Å². The van der Waals surface area contributed by atoms with Crippen molar-refractivity contribution < 1.29 is 47.1 Å². The van der Waals surface area contributed by atoms with Crippen molar-refractivity contribution >= 4 is 11.9 Å². The molecule has 5 heteroatoms. The fraction of sp³-hybridized carbons (Fsp3) is 0. The largest absolute Gasteiger partial charge is 0.478 e. The van der Waals surface area contributed by atoms with Gasteiger partial charge in [0.1, 0.15) is 0 Å². The van der Waals surface area contributed by atoms with E-state index in [0.29, 0.717) is 0 Å². The Morgan fingerprint density at radius 2 is 1.23 bits per heavy atom. The number of hydrogen-bond acceptors (Lipinski definition) is 2. The summed E-state index contributed by atoms with van der Waals surface area (Å²) in [4.78, 5) is 20.9. The summed E-state index contributed by atoms with van der Waals surface area (Å²) in [5.41, 5.74) is -0.380. The van der Waals surface area contributed by atoms with Gasteiger partial charge in [0.2, 0.25) is 0 Å². The second kappa shape index (κ2) is 4.95. The standard InChI is InChI=1S/C8H6O4.Cd/c9-7(10)5-3-1-2-4-6(5)8(11)12;/h1-4H,(H,9,10)(H,11,12);. The van der Waals surface area contributed by atoms with Crippen molar-refractivity contribution in [3.8, 4) is 0 Å². The number of benzene rings is 1. The van der Waals surface area contributed by atoms with Gasteiger partial charge in [0.05, 0.1) is 11.1 Å². The van der Waals surface area contributed by atoms with Gasteiger partial charge in [-0.25, -0.2) is 9.59 Å². The molecule has 0 aromatic heterocycles. The van der Waals surface area contributed by atoms with Crippen LogP contribution in [0.25, 0.3) is 0 Å². The third kappa shape index (κ3) is 2.80. The third-order valence-electron chi connectivity index (χ3n) is 1.39. The average molecular weight is 279 g/mol. The molecule has 0 unspecified atom stereocenters. The maximum Gasteiger partial charge on any atom is 0.336 e. The zero-order valence-electron chi connectivity index (χ0n) is 6.73. The molecule has 1 aromatic carbocycles. The van der Waals surface area contributed by atoms with E-state index >= 15 is 0 Å². The number of carboxylic acids is 2.